The number of carbonyl (C=O) groups excluding carboxylic acids is 1. The molecule has 5 heteroatoms. The Labute approximate surface area is 118 Å². The molecule has 0 atom stereocenters. The van der Waals surface area contributed by atoms with E-state index in [1.807, 2.05) is 13.1 Å². The van der Waals surface area contributed by atoms with E-state index in [0.29, 0.717) is 10.6 Å². The third-order valence-corrected chi connectivity index (χ3v) is 3.69. The lowest BCUT2D eigenvalue weighted by molar-refractivity contribution is 0.0362. The van der Waals surface area contributed by atoms with Gasteiger partial charge in [0.2, 0.25) is 0 Å². The van der Waals surface area contributed by atoms with E-state index >= 15 is 0 Å². The van der Waals surface area contributed by atoms with Crippen molar-refractivity contribution in [2.75, 3.05) is 20.3 Å². The highest BCUT2D eigenvalue weighted by molar-refractivity contribution is 7.80. The summed E-state index contributed by atoms with van der Waals surface area (Å²) in [4.78, 5) is 14.5. The lowest BCUT2D eigenvalue weighted by atomic mass is 10.1. The Kier molecular flexibility index (Phi) is 4.50. The molecule has 1 aromatic rings. The molecule has 1 fully saturated rings. The molecule has 0 bridgehead atoms. The van der Waals surface area contributed by atoms with Gasteiger partial charge in [0.05, 0.1) is 0 Å². The van der Waals surface area contributed by atoms with Crippen molar-refractivity contribution < 1.29 is 9.53 Å². The first kappa shape index (κ1) is 14.0. The second-order valence-corrected chi connectivity index (χ2v) is 5.14. The summed E-state index contributed by atoms with van der Waals surface area (Å²) in [6, 6.07) is 7.41. The van der Waals surface area contributed by atoms with Crippen LogP contribution in [0.1, 0.15) is 28.8 Å². The van der Waals surface area contributed by atoms with E-state index in [9.17, 15) is 4.79 Å². The summed E-state index contributed by atoms with van der Waals surface area (Å²) in [5, 5.41) is 0. The predicted octanol–water partition coefficient (Wildman–Crippen LogP) is 1.57. The first-order valence-corrected chi connectivity index (χ1v) is 6.75. The van der Waals surface area contributed by atoms with Gasteiger partial charge in [0.1, 0.15) is 4.99 Å². The van der Waals surface area contributed by atoms with Crippen molar-refractivity contribution in [3.05, 3.63) is 35.4 Å². The monoisotopic (exact) mass is 278 g/mol. The molecule has 1 amide bonds. The molecule has 1 aliphatic heterocycles. The van der Waals surface area contributed by atoms with Crippen LogP contribution in [0, 0.1) is 0 Å². The highest BCUT2D eigenvalue weighted by Gasteiger charge is 2.23. The van der Waals surface area contributed by atoms with E-state index in [2.05, 4.69) is 0 Å². The maximum Gasteiger partial charge on any atom is 0.253 e. The zero-order valence-electron chi connectivity index (χ0n) is 11.0. The first-order valence-electron chi connectivity index (χ1n) is 6.34. The van der Waals surface area contributed by atoms with Gasteiger partial charge in [-0.2, -0.15) is 0 Å². The molecule has 0 spiro atoms. The van der Waals surface area contributed by atoms with Crippen LogP contribution in [-0.2, 0) is 4.74 Å². The SMILES string of the molecule is CN(C(=O)c1cccc(C(N)=S)c1)C1CCOCC1. The second kappa shape index (κ2) is 6.12. The maximum absolute atomic E-state index is 12.4. The zero-order chi connectivity index (χ0) is 13.8. The number of ether oxygens (including phenoxy) is 1. The van der Waals surface area contributed by atoms with Crippen LogP contribution in [0.25, 0.3) is 0 Å². The van der Waals surface area contributed by atoms with Crippen molar-refractivity contribution >= 4 is 23.1 Å². The van der Waals surface area contributed by atoms with Crippen molar-refractivity contribution in [3.63, 3.8) is 0 Å². The summed E-state index contributed by atoms with van der Waals surface area (Å²) in [6.07, 6.45) is 1.77. The van der Waals surface area contributed by atoms with Crippen LogP contribution in [0.5, 0.6) is 0 Å². The molecular formula is C14H18N2O2S. The highest BCUT2D eigenvalue weighted by Crippen LogP contribution is 2.16. The molecule has 1 aromatic carbocycles. The standard InChI is InChI=1S/C14H18N2O2S/c1-16(12-5-7-18-8-6-12)14(17)11-4-2-3-10(9-11)13(15)19/h2-4,9,12H,5-8H2,1H3,(H2,15,19). The third-order valence-electron chi connectivity index (χ3n) is 3.45. The summed E-state index contributed by atoms with van der Waals surface area (Å²) >= 11 is 4.94. The number of thiocarbonyl (C=S) groups is 1. The fraction of sp³-hybridized carbons (Fsp3) is 0.429. The Morgan fingerprint density at radius 3 is 2.63 bits per heavy atom. The first-order chi connectivity index (χ1) is 9.09. The Balaban J connectivity index is 2.14. The van der Waals surface area contributed by atoms with E-state index in [0.717, 1.165) is 31.6 Å². The number of amides is 1. The van der Waals surface area contributed by atoms with Crippen molar-refractivity contribution in [2.45, 2.75) is 18.9 Å². The predicted molar refractivity (Wildman–Crippen MR) is 78.3 cm³/mol. The van der Waals surface area contributed by atoms with Crippen molar-refractivity contribution in [1.29, 1.82) is 0 Å². The van der Waals surface area contributed by atoms with Gasteiger partial charge < -0.3 is 15.4 Å². The summed E-state index contributed by atoms with van der Waals surface area (Å²) in [7, 11) is 1.84. The van der Waals surface area contributed by atoms with Crippen LogP contribution in [0.2, 0.25) is 0 Å². The smallest absolute Gasteiger partial charge is 0.253 e. The van der Waals surface area contributed by atoms with E-state index < -0.39 is 0 Å². The minimum Gasteiger partial charge on any atom is -0.389 e. The average molecular weight is 278 g/mol. The van der Waals surface area contributed by atoms with Gasteiger partial charge in [-0.3, -0.25) is 4.79 Å². The van der Waals surface area contributed by atoms with E-state index in [4.69, 9.17) is 22.7 Å². The van der Waals surface area contributed by atoms with Gasteiger partial charge in [0.25, 0.3) is 5.91 Å². The number of benzene rings is 1. The molecule has 0 radical (unpaired) electrons. The normalized spacial score (nSPS) is 16.1. The van der Waals surface area contributed by atoms with Crippen LogP contribution < -0.4 is 5.73 Å². The zero-order valence-corrected chi connectivity index (χ0v) is 11.8. The molecule has 1 saturated heterocycles. The topological polar surface area (TPSA) is 55.6 Å². The molecule has 1 heterocycles. The number of rotatable bonds is 3. The number of nitrogens with two attached hydrogens (primary N) is 1. The lowest BCUT2D eigenvalue weighted by Gasteiger charge is -2.31. The fourth-order valence-corrected chi connectivity index (χ4v) is 2.37. The quantitative estimate of drug-likeness (QED) is 0.853. The third kappa shape index (κ3) is 3.30. The number of hydrogen-bond acceptors (Lipinski definition) is 3. The number of carbonyl (C=O) groups is 1. The van der Waals surface area contributed by atoms with Crippen LogP contribution >= 0.6 is 12.2 Å². The van der Waals surface area contributed by atoms with Crippen LogP contribution in [0.15, 0.2) is 24.3 Å². The molecule has 0 aromatic heterocycles. The largest absolute Gasteiger partial charge is 0.389 e. The molecule has 0 saturated carbocycles. The Hall–Kier alpha value is -1.46. The maximum atomic E-state index is 12.4. The summed E-state index contributed by atoms with van der Waals surface area (Å²) < 4.78 is 5.31. The Morgan fingerprint density at radius 1 is 1.37 bits per heavy atom. The van der Waals surface area contributed by atoms with Gasteiger partial charge in [-0.15, -0.1) is 0 Å². The molecule has 19 heavy (non-hydrogen) atoms. The summed E-state index contributed by atoms with van der Waals surface area (Å²) in [5.74, 6) is 0.00463. The van der Waals surface area contributed by atoms with Gasteiger partial charge in [-0.25, -0.2) is 0 Å². The van der Waals surface area contributed by atoms with Crippen molar-refractivity contribution in [1.82, 2.24) is 4.90 Å². The van der Waals surface area contributed by atoms with Gasteiger partial charge in [-0.05, 0) is 25.0 Å². The minimum absolute atomic E-state index is 0.00463. The summed E-state index contributed by atoms with van der Waals surface area (Å²) in [5.41, 5.74) is 6.94. The Bertz CT molecular complexity index is 484. The molecule has 0 unspecified atom stereocenters. The molecule has 1 aliphatic rings. The van der Waals surface area contributed by atoms with E-state index in [-0.39, 0.29) is 11.9 Å². The molecule has 102 valence electrons. The van der Waals surface area contributed by atoms with Crippen LogP contribution in [0.3, 0.4) is 0 Å². The molecule has 4 nitrogen and oxygen atoms in total. The molecule has 0 aliphatic carbocycles. The number of nitrogens with zero attached hydrogens (tertiary/aromatic N) is 1. The van der Waals surface area contributed by atoms with E-state index in [1.165, 1.54) is 0 Å². The molecule has 2 N–H and O–H groups in total. The van der Waals surface area contributed by atoms with Crippen LogP contribution in [-0.4, -0.2) is 42.1 Å². The summed E-state index contributed by atoms with van der Waals surface area (Å²) in [6.45, 7) is 1.43. The van der Waals surface area contributed by atoms with Crippen LogP contribution in [0.4, 0.5) is 0 Å². The van der Waals surface area contributed by atoms with Crippen molar-refractivity contribution in [2.24, 2.45) is 5.73 Å². The van der Waals surface area contributed by atoms with Gasteiger partial charge in [0, 0.05) is 37.4 Å². The fourth-order valence-electron chi connectivity index (χ4n) is 2.25. The average Bonchev–Trinajstić information content (AvgIpc) is 2.46. The number of hydrogen-bond donors (Lipinski definition) is 1. The lowest BCUT2D eigenvalue weighted by Crippen LogP contribution is -2.40. The Morgan fingerprint density at radius 2 is 2.00 bits per heavy atom. The highest BCUT2D eigenvalue weighted by atomic mass is 32.1. The van der Waals surface area contributed by atoms with Gasteiger partial charge in [-0.1, -0.05) is 24.4 Å². The van der Waals surface area contributed by atoms with E-state index in [1.54, 1.807) is 23.1 Å². The molecule has 2 rings (SSSR count). The second-order valence-electron chi connectivity index (χ2n) is 4.70. The minimum atomic E-state index is 0.00463. The van der Waals surface area contributed by atoms with Gasteiger partial charge >= 0.3 is 0 Å². The van der Waals surface area contributed by atoms with Crippen molar-refractivity contribution in [3.8, 4) is 0 Å². The van der Waals surface area contributed by atoms with Gasteiger partial charge in [0.15, 0.2) is 0 Å². The molecular weight excluding hydrogens is 260 g/mol.